The monoisotopic (exact) mass is 302 g/mol. The van der Waals surface area contributed by atoms with Crippen LogP contribution in [0, 0.1) is 6.08 Å². The van der Waals surface area contributed by atoms with Gasteiger partial charge in [-0.25, -0.2) is 5.57 Å². The minimum Gasteiger partial charge on any atom is -0.269 e. The van der Waals surface area contributed by atoms with Crippen molar-refractivity contribution in [3.63, 3.8) is 0 Å². The predicted molar refractivity (Wildman–Crippen MR) is 35.4 cm³/mol. The van der Waals surface area contributed by atoms with Crippen LogP contribution < -0.4 is 0 Å². The Kier molecular flexibility index (Phi) is 3.43. The van der Waals surface area contributed by atoms with Gasteiger partial charge in [0, 0.05) is 21.1 Å². The molecule has 1 aliphatic rings. The van der Waals surface area contributed by atoms with Crippen LogP contribution in [-0.2, 0) is 21.1 Å². The summed E-state index contributed by atoms with van der Waals surface area (Å²) in [7, 11) is 0. The molecule has 1 aliphatic carbocycles. The van der Waals surface area contributed by atoms with Crippen LogP contribution in [0.3, 0.4) is 0 Å². The Morgan fingerprint density at radius 2 is 1.78 bits per heavy atom. The van der Waals surface area contributed by atoms with E-state index in [1.54, 1.807) is 0 Å². The molecule has 9 heavy (non-hydrogen) atoms. The zero-order valence-electron chi connectivity index (χ0n) is 6.02. The predicted octanol–water partition coefficient (Wildman–Crippen LogP) is 2.47. The van der Waals surface area contributed by atoms with Crippen molar-refractivity contribution in [2.45, 2.75) is 27.2 Å². The number of hydrogen-bond acceptors (Lipinski definition) is 0. The van der Waals surface area contributed by atoms with E-state index in [0.717, 1.165) is 6.42 Å². The SMILES string of the molecule is CC1=[C-]CC(C)=C1C.[Pt]. The number of rotatable bonds is 0. The van der Waals surface area contributed by atoms with E-state index in [9.17, 15) is 0 Å². The Balaban J connectivity index is 0.000000640. The minimum atomic E-state index is 0. The Morgan fingerprint density at radius 1 is 1.22 bits per heavy atom. The Hall–Kier alpha value is 0.168. The van der Waals surface area contributed by atoms with Gasteiger partial charge in [-0.2, -0.15) is 11.1 Å². The molecule has 0 saturated heterocycles. The van der Waals surface area contributed by atoms with Gasteiger partial charge in [0.25, 0.3) is 0 Å². The maximum atomic E-state index is 3.26. The third-order valence-corrected chi connectivity index (χ3v) is 1.82. The van der Waals surface area contributed by atoms with Crippen LogP contribution in [0.15, 0.2) is 16.7 Å². The summed E-state index contributed by atoms with van der Waals surface area (Å²) < 4.78 is 0. The van der Waals surface area contributed by atoms with Gasteiger partial charge in [-0.05, 0) is 0 Å². The quantitative estimate of drug-likeness (QED) is 0.603. The molecule has 54 valence electrons. The van der Waals surface area contributed by atoms with Gasteiger partial charge in [0.05, 0.1) is 0 Å². The van der Waals surface area contributed by atoms with Gasteiger partial charge in [0.15, 0.2) is 0 Å². The van der Waals surface area contributed by atoms with E-state index in [4.69, 9.17) is 0 Å². The van der Waals surface area contributed by atoms with Crippen LogP contribution in [0.1, 0.15) is 27.2 Å². The van der Waals surface area contributed by atoms with Crippen LogP contribution in [-0.4, -0.2) is 0 Å². The normalized spacial score (nSPS) is 17.4. The van der Waals surface area contributed by atoms with Crippen molar-refractivity contribution in [1.82, 2.24) is 0 Å². The average molecular weight is 302 g/mol. The molecule has 0 bridgehead atoms. The van der Waals surface area contributed by atoms with Gasteiger partial charge >= 0.3 is 0 Å². The molecule has 0 radical (unpaired) electrons. The van der Waals surface area contributed by atoms with Crippen molar-refractivity contribution in [3.05, 3.63) is 22.8 Å². The summed E-state index contributed by atoms with van der Waals surface area (Å²) in [4.78, 5) is 0. The molecule has 0 aromatic carbocycles. The summed E-state index contributed by atoms with van der Waals surface area (Å²) in [6.07, 6.45) is 4.31. The fraction of sp³-hybridized carbons (Fsp3) is 0.500. The average Bonchev–Trinajstić information content (AvgIpc) is 1.98. The van der Waals surface area contributed by atoms with E-state index in [1.807, 2.05) is 0 Å². The van der Waals surface area contributed by atoms with Gasteiger partial charge in [0.1, 0.15) is 0 Å². The first-order valence-corrected chi connectivity index (χ1v) is 2.96. The maximum Gasteiger partial charge on any atom is 0 e. The van der Waals surface area contributed by atoms with Crippen LogP contribution in [0.25, 0.3) is 0 Å². The smallest absolute Gasteiger partial charge is 0 e. The van der Waals surface area contributed by atoms with E-state index < -0.39 is 0 Å². The molecule has 0 nitrogen and oxygen atoms in total. The molecule has 0 spiro atoms. The molecule has 0 unspecified atom stereocenters. The van der Waals surface area contributed by atoms with Crippen LogP contribution in [0.2, 0.25) is 0 Å². The molecule has 0 N–H and O–H groups in total. The fourth-order valence-electron chi connectivity index (χ4n) is 0.850. The molecule has 0 aromatic rings. The van der Waals surface area contributed by atoms with Crippen LogP contribution >= 0.6 is 0 Å². The van der Waals surface area contributed by atoms with E-state index >= 15 is 0 Å². The summed E-state index contributed by atoms with van der Waals surface area (Å²) in [5.41, 5.74) is 4.25. The standard InChI is InChI=1S/C8H11.Pt/c1-6-4-5-7(2)8(6)3;/h4H2,1-3H3;/q-1;. The molecule has 0 fully saturated rings. The molecule has 1 rings (SSSR count). The van der Waals surface area contributed by atoms with Crippen molar-refractivity contribution in [2.75, 3.05) is 0 Å². The minimum absolute atomic E-state index is 0. The molecule has 0 aliphatic heterocycles. The van der Waals surface area contributed by atoms with Gasteiger partial charge in [-0.3, -0.25) is 6.08 Å². The van der Waals surface area contributed by atoms with E-state index in [2.05, 4.69) is 26.8 Å². The van der Waals surface area contributed by atoms with Crippen LogP contribution in [0.5, 0.6) is 0 Å². The maximum absolute atomic E-state index is 3.26. The third-order valence-electron chi connectivity index (χ3n) is 1.82. The zero-order valence-corrected chi connectivity index (χ0v) is 8.30. The first-order chi connectivity index (χ1) is 3.72. The Labute approximate surface area is 71.3 Å². The molecule has 0 atom stereocenters. The third kappa shape index (κ3) is 1.79. The molecule has 0 heterocycles. The van der Waals surface area contributed by atoms with Crippen molar-refractivity contribution < 1.29 is 21.1 Å². The molecule has 0 saturated carbocycles. The second-order valence-corrected chi connectivity index (χ2v) is 2.38. The topological polar surface area (TPSA) is 0 Å². The molecular weight excluding hydrogens is 291 g/mol. The summed E-state index contributed by atoms with van der Waals surface area (Å²) in [5.74, 6) is 0. The first-order valence-electron chi connectivity index (χ1n) is 2.96. The molecular formula is C8H11Pt-. The Morgan fingerprint density at radius 3 is 1.89 bits per heavy atom. The van der Waals surface area contributed by atoms with Crippen molar-refractivity contribution in [1.29, 1.82) is 0 Å². The van der Waals surface area contributed by atoms with Gasteiger partial charge in [-0.1, -0.05) is 13.8 Å². The van der Waals surface area contributed by atoms with E-state index in [1.165, 1.54) is 16.7 Å². The van der Waals surface area contributed by atoms with E-state index in [0.29, 0.717) is 0 Å². The van der Waals surface area contributed by atoms with Gasteiger partial charge in [0.2, 0.25) is 0 Å². The number of allylic oxidation sites excluding steroid dienone is 4. The molecule has 0 aromatic heterocycles. The molecule has 1 heteroatoms. The van der Waals surface area contributed by atoms with Crippen molar-refractivity contribution >= 4 is 0 Å². The Bertz CT molecular complexity index is 158. The van der Waals surface area contributed by atoms with Gasteiger partial charge in [-0.15, -0.1) is 13.3 Å². The largest absolute Gasteiger partial charge is 0.269 e. The second-order valence-electron chi connectivity index (χ2n) is 2.38. The molecule has 0 amide bonds. The first kappa shape index (κ1) is 9.17. The summed E-state index contributed by atoms with van der Waals surface area (Å²) in [5, 5.41) is 0. The van der Waals surface area contributed by atoms with Crippen molar-refractivity contribution in [3.8, 4) is 0 Å². The summed E-state index contributed by atoms with van der Waals surface area (Å²) >= 11 is 0. The van der Waals surface area contributed by atoms with Crippen LogP contribution in [0.4, 0.5) is 0 Å². The van der Waals surface area contributed by atoms with E-state index in [-0.39, 0.29) is 21.1 Å². The fourth-order valence-corrected chi connectivity index (χ4v) is 0.850. The summed E-state index contributed by atoms with van der Waals surface area (Å²) in [6.45, 7) is 6.44. The summed E-state index contributed by atoms with van der Waals surface area (Å²) in [6, 6.07) is 0. The number of hydrogen-bond donors (Lipinski definition) is 0. The van der Waals surface area contributed by atoms with Crippen molar-refractivity contribution in [2.24, 2.45) is 0 Å². The second kappa shape index (κ2) is 3.37. The zero-order chi connectivity index (χ0) is 6.15. The van der Waals surface area contributed by atoms with Gasteiger partial charge < -0.3 is 0 Å².